The monoisotopic (exact) mass is 314 g/mol. The molecule has 2 nitrogen and oxygen atoms in total. The highest BCUT2D eigenvalue weighted by Crippen LogP contribution is 2.39. The number of hydrogen-bond acceptors (Lipinski definition) is 2. The van der Waals surface area contributed by atoms with E-state index in [2.05, 4.69) is 24.0 Å². The minimum Gasteiger partial charge on any atom is -0.327 e. The summed E-state index contributed by atoms with van der Waals surface area (Å²) < 4.78 is 0. The number of likely N-dealkylation sites (tertiary alicyclic amines) is 1. The Labute approximate surface area is 133 Å². The average Bonchev–Trinajstić information content (AvgIpc) is 2.83. The van der Waals surface area contributed by atoms with Crippen LogP contribution < -0.4 is 5.73 Å². The van der Waals surface area contributed by atoms with Crippen LogP contribution in [0.5, 0.6) is 0 Å². The molecule has 112 valence electrons. The van der Waals surface area contributed by atoms with Crippen LogP contribution in [0.3, 0.4) is 0 Å². The lowest BCUT2D eigenvalue weighted by Crippen LogP contribution is -2.38. The van der Waals surface area contributed by atoms with Crippen molar-refractivity contribution in [1.82, 2.24) is 4.90 Å². The second-order valence-corrected chi connectivity index (χ2v) is 6.64. The van der Waals surface area contributed by atoms with Crippen LogP contribution in [0.1, 0.15) is 37.8 Å². The van der Waals surface area contributed by atoms with Gasteiger partial charge in [0.2, 0.25) is 0 Å². The Morgan fingerprint density at radius 1 is 1.30 bits per heavy atom. The SMILES string of the molecule is CC(c1cccc(Cl)c1)N1CC2CCCC(N)C2C1.Cl. The first-order valence-electron chi connectivity index (χ1n) is 7.40. The Balaban J connectivity index is 0.00000147. The first kappa shape index (κ1) is 16.1. The molecule has 1 aromatic carbocycles. The fourth-order valence-electron chi connectivity index (χ4n) is 3.84. The van der Waals surface area contributed by atoms with Gasteiger partial charge in [-0.25, -0.2) is 0 Å². The van der Waals surface area contributed by atoms with Crippen LogP contribution in [-0.2, 0) is 0 Å². The highest BCUT2D eigenvalue weighted by molar-refractivity contribution is 6.30. The van der Waals surface area contributed by atoms with Crippen LogP contribution in [0.15, 0.2) is 24.3 Å². The smallest absolute Gasteiger partial charge is 0.0409 e. The predicted octanol–water partition coefficient (Wildman–Crippen LogP) is 3.88. The highest BCUT2D eigenvalue weighted by Gasteiger charge is 2.40. The van der Waals surface area contributed by atoms with Crippen molar-refractivity contribution in [2.75, 3.05) is 13.1 Å². The summed E-state index contributed by atoms with van der Waals surface area (Å²) in [7, 11) is 0. The summed E-state index contributed by atoms with van der Waals surface area (Å²) in [5.74, 6) is 1.51. The molecule has 0 aromatic heterocycles. The molecular weight excluding hydrogens is 291 g/mol. The van der Waals surface area contributed by atoms with Gasteiger partial charge in [-0.15, -0.1) is 12.4 Å². The van der Waals surface area contributed by atoms with Crippen molar-refractivity contribution >= 4 is 24.0 Å². The van der Waals surface area contributed by atoms with Gasteiger partial charge in [0.1, 0.15) is 0 Å². The summed E-state index contributed by atoms with van der Waals surface area (Å²) in [6, 6.07) is 9.11. The molecule has 3 rings (SSSR count). The zero-order valence-corrected chi connectivity index (χ0v) is 13.5. The number of benzene rings is 1. The molecule has 1 heterocycles. The Morgan fingerprint density at radius 2 is 2.10 bits per heavy atom. The number of hydrogen-bond donors (Lipinski definition) is 1. The minimum atomic E-state index is 0. The molecule has 2 N–H and O–H groups in total. The maximum absolute atomic E-state index is 6.30. The maximum atomic E-state index is 6.30. The fraction of sp³-hybridized carbons (Fsp3) is 0.625. The predicted molar refractivity (Wildman–Crippen MR) is 87.5 cm³/mol. The molecule has 1 aliphatic carbocycles. The zero-order chi connectivity index (χ0) is 13.4. The Bertz CT molecular complexity index is 452. The third kappa shape index (κ3) is 3.14. The fourth-order valence-corrected chi connectivity index (χ4v) is 4.04. The molecule has 0 bridgehead atoms. The van der Waals surface area contributed by atoms with E-state index >= 15 is 0 Å². The van der Waals surface area contributed by atoms with Crippen molar-refractivity contribution in [3.63, 3.8) is 0 Å². The molecule has 1 aromatic rings. The average molecular weight is 315 g/mol. The number of halogens is 2. The highest BCUT2D eigenvalue weighted by atomic mass is 35.5. The van der Waals surface area contributed by atoms with Gasteiger partial charge in [-0.1, -0.05) is 30.2 Å². The second kappa shape index (κ2) is 6.65. The van der Waals surface area contributed by atoms with E-state index in [0.29, 0.717) is 18.0 Å². The third-order valence-electron chi connectivity index (χ3n) is 5.06. The van der Waals surface area contributed by atoms with E-state index in [4.69, 9.17) is 17.3 Å². The van der Waals surface area contributed by atoms with Gasteiger partial charge in [-0.2, -0.15) is 0 Å². The molecule has 0 radical (unpaired) electrons. The van der Waals surface area contributed by atoms with Crippen LogP contribution in [-0.4, -0.2) is 24.0 Å². The van der Waals surface area contributed by atoms with Crippen LogP contribution in [0.4, 0.5) is 0 Å². The number of nitrogens with two attached hydrogens (primary N) is 1. The van der Waals surface area contributed by atoms with E-state index in [-0.39, 0.29) is 12.4 Å². The number of fused-ring (bicyclic) bond motifs is 1. The van der Waals surface area contributed by atoms with Crippen molar-refractivity contribution in [3.8, 4) is 0 Å². The van der Waals surface area contributed by atoms with Gasteiger partial charge in [-0.05, 0) is 49.3 Å². The Morgan fingerprint density at radius 3 is 2.80 bits per heavy atom. The minimum absolute atomic E-state index is 0. The summed E-state index contributed by atoms with van der Waals surface area (Å²) in [6.07, 6.45) is 3.87. The van der Waals surface area contributed by atoms with E-state index in [0.717, 1.165) is 17.5 Å². The van der Waals surface area contributed by atoms with Crippen molar-refractivity contribution in [3.05, 3.63) is 34.9 Å². The molecule has 20 heavy (non-hydrogen) atoms. The molecule has 1 aliphatic heterocycles. The van der Waals surface area contributed by atoms with Crippen LogP contribution in [0.25, 0.3) is 0 Å². The maximum Gasteiger partial charge on any atom is 0.0409 e. The largest absolute Gasteiger partial charge is 0.327 e. The van der Waals surface area contributed by atoms with Crippen molar-refractivity contribution < 1.29 is 0 Å². The molecular formula is C16H24Cl2N2. The molecule has 0 spiro atoms. The lowest BCUT2D eigenvalue weighted by atomic mass is 9.78. The van der Waals surface area contributed by atoms with Gasteiger partial charge >= 0.3 is 0 Å². The van der Waals surface area contributed by atoms with Crippen molar-refractivity contribution in [2.24, 2.45) is 17.6 Å². The second-order valence-electron chi connectivity index (χ2n) is 6.20. The lowest BCUT2D eigenvalue weighted by molar-refractivity contribution is 0.245. The van der Waals surface area contributed by atoms with Crippen LogP contribution in [0, 0.1) is 11.8 Å². The van der Waals surface area contributed by atoms with E-state index < -0.39 is 0 Å². The van der Waals surface area contributed by atoms with Gasteiger partial charge in [0, 0.05) is 30.2 Å². The molecule has 0 amide bonds. The first-order chi connectivity index (χ1) is 9.15. The summed E-state index contributed by atoms with van der Waals surface area (Å²) in [5, 5.41) is 0.831. The molecule has 1 saturated heterocycles. The summed E-state index contributed by atoms with van der Waals surface area (Å²) in [5.41, 5.74) is 7.62. The Hall–Kier alpha value is -0.280. The number of rotatable bonds is 2. The standard InChI is InChI=1S/C16H23ClN2.ClH/c1-11(12-4-2-6-14(17)8-12)19-9-13-5-3-7-16(18)15(13)10-19;/h2,4,6,8,11,13,15-16H,3,5,7,9-10,18H2,1H3;1H. The molecule has 2 fully saturated rings. The third-order valence-corrected chi connectivity index (χ3v) is 5.30. The quantitative estimate of drug-likeness (QED) is 0.897. The van der Waals surface area contributed by atoms with Gasteiger partial charge in [-0.3, -0.25) is 4.90 Å². The van der Waals surface area contributed by atoms with E-state index in [1.54, 1.807) is 0 Å². The summed E-state index contributed by atoms with van der Waals surface area (Å²) in [6.45, 7) is 4.64. The van der Waals surface area contributed by atoms with E-state index in [9.17, 15) is 0 Å². The van der Waals surface area contributed by atoms with Crippen molar-refractivity contribution in [2.45, 2.75) is 38.3 Å². The molecule has 4 unspecified atom stereocenters. The number of nitrogens with zero attached hydrogens (tertiary/aromatic N) is 1. The van der Waals surface area contributed by atoms with Crippen molar-refractivity contribution in [1.29, 1.82) is 0 Å². The summed E-state index contributed by atoms with van der Waals surface area (Å²) in [4.78, 5) is 2.59. The lowest BCUT2D eigenvalue weighted by Gasteiger charge is -2.30. The van der Waals surface area contributed by atoms with Crippen LogP contribution in [0.2, 0.25) is 5.02 Å². The van der Waals surface area contributed by atoms with E-state index in [1.165, 1.54) is 31.4 Å². The first-order valence-corrected chi connectivity index (χ1v) is 7.78. The molecule has 1 saturated carbocycles. The zero-order valence-electron chi connectivity index (χ0n) is 12.0. The van der Waals surface area contributed by atoms with Crippen LogP contribution >= 0.6 is 24.0 Å². The Kier molecular flexibility index (Phi) is 5.36. The van der Waals surface area contributed by atoms with Gasteiger partial charge in [0.05, 0.1) is 0 Å². The molecule has 4 heteroatoms. The molecule has 2 aliphatic rings. The van der Waals surface area contributed by atoms with Gasteiger partial charge in [0.25, 0.3) is 0 Å². The molecule has 4 atom stereocenters. The van der Waals surface area contributed by atoms with Gasteiger partial charge < -0.3 is 5.73 Å². The topological polar surface area (TPSA) is 29.3 Å². The normalized spacial score (nSPS) is 31.4. The summed E-state index contributed by atoms with van der Waals surface area (Å²) >= 11 is 6.10. The van der Waals surface area contributed by atoms with E-state index in [1.807, 2.05) is 12.1 Å². The van der Waals surface area contributed by atoms with Gasteiger partial charge in [0.15, 0.2) is 0 Å².